The summed E-state index contributed by atoms with van der Waals surface area (Å²) in [6.07, 6.45) is 4.86. The molecule has 3 heterocycles. The first-order chi connectivity index (χ1) is 15.5. The first-order valence-corrected chi connectivity index (χ1v) is 12.5. The van der Waals surface area contributed by atoms with Gasteiger partial charge in [0.25, 0.3) is 0 Å². The van der Waals surface area contributed by atoms with Crippen LogP contribution in [-0.2, 0) is 18.9 Å². The minimum Gasteiger partial charge on any atom is -0.394 e. The molecule has 3 saturated heterocycles. The number of hydrogen-bond donors (Lipinski definition) is 5. The molecule has 188 valence electrons. The second kappa shape index (κ2) is 13.5. The SMILES string of the molecule is CCCCCCCCCCCNC1C(O)C[C@@H](O[C@H]2O[C@@H]3COC3C(O)C2O)OC1CO. The number of aliphatic hydroxyl groups is 4. The van der Waals surface area contributed by atoms with Crippen molar-refractivity contribution in [3.63, 3.8) is 0 Å². The Morgan fingerprint density at radius 2 is 1.59 bits per heavy atom. The molecule has 0 amide bonds. The minimum atomic E-state index is -1.27. The Kier molecular flexibility index (Phi) is 11.1. The largest absolute Gasteiger partial charge is 0.394 e. The van der Waals surface area contributed by atoms with Crippen LogP contribution in [0.4, 0.5) is 0 Å². The highest BCUT2D eigenvalue weighted by atomic mass is 16.8. The van der Waals surface area contributed by atoms with Gasteiger partial charge in [0.15, 0.2) is 12.6 Å². The van der Waals surface area contributed by atoms with E-state index in [2.05, 4.69) is 12.2 Å². The number of ether oxygens (including phenoxy) is 4. The topological polar surface area (TPSA) is 130 Å². The molecule has 3 rings (SSSR count). The Balaban J connectivity index is 1.33. The standard InChI is InChI=1S/C23H43NO8/c1-2-3-4-5-6-7-8-9-10-11-24-19-15(26)12-18(30-16(19)13-25)32-23-21(28)20(27)22-17(31-23)14-29-22/h15-28H,2-14H2,1H3/t15?,16?,17-,18-,19?,20?,21?,22?,23-/m1/s1. The van der Waals surface area contributed by atoms with Gasteiger partial charge in [-0.15, -0.1) is 0 Å². The Hall–Kier alpha value is -0.360. The average Bonchev–Trinajstić information content (AvgIpc) is 2.76. The molecule has 6 unspecified atom stereocenters. The summed E-state index contributed by atoms with van der Waals surface area (Å²) < 4.78 is 22.4. The second-order valence-electron chi connectivity index (χ2n) is 9.36. The molecule has 3 aliphatic heterocycles. The van der Waals surface area contributed by atoms with Crippen LogP contribution < -0.4 is 5.32 Å². The fourth-order valence-corrected chi connectivity index (χ4v) is 4.73. The van der Waals surface area contributed by atoms with E-state index in [0.29, 0.717) is 6.61 Å². The average molecular weight is 462 g/mol. The predicted octanol–water partition coefficient (Wildman–Crippen LogP) is 0.806. The lowest BCUT2D eigenvalue weighted by Crippen LogP contribution is -2.66. The number of fused-ring (bicyclic) bond motifs is 1. The zero-order valence-electron chi connectivity index (χ0n) is 19.3. The summed E-state index contributed by atoms with van der Waals surface area (Å²) in [4.78, 5) is 0. The highest BCUT2D eigenvalue weighted by Gasteiger charge is 2.52. The molecule has 0 spiro atoms. The molecular weight excluding hydrogens is 418 g/mol. The monoisotopic (exact) mass is 461 g/mol. The van der Waals surface area contributed by atoms with Gasteiger partial charge in [-0.2, -0.15) is 0 Å². The summed E-state index contributed by atoms with van der Waals surface area (Å²) in [7, 11) is 0. The summed E-state index contributed by atoms with van der Waals surface area (Å²) in [6.45, 7) is 3.06. The fraction of sp³-hybridized carbons (Fsp3) is 1.00. The van der Waals surface area contributed by atoms with Gasteiger partial charge in [0, 0.05) is 6.42 Å². The van der Waals surface area contributed by atoms with Crippen LogP contribution in [0.3, 0.4) is 0 Å². The third kappa shape index (κ3) is 7.07. The molecule has 9 atom stereocenters. The van der Waals surface area contributed by atoms with Gasteiger partial charge in [-0.05, 0) is 13.0 Å². The first kappa shape index (κ1) is 26.2. The molecule has 0 aromatic heterocycles. The number of nitrogens with one attached hydrogen (secondary N) is 1. The van der Waals surface area contributed by atoms with Crippen molar-refractivity contribution < 1.29 is 39.4 Å². The van der Waals surface area contributed by atoms with Crippen molar-refractivity contribution in [3.05, 3.63) is 0 Å². The molecule has 0 aliphatic carbocycles. The van der Waals surface area contributed by atoms with Gasteiger partial charge in [0.2, 0.25) is 0 Å². The van der Waals surface area contributed by atoms with Crippen LogP contribution in [0.15, 0.2) is 0 Å². The van der Waals surface area contributed by atoms with E-state index in [1.165, 1.54) is 44.9 Å². The van der Waals surface area contributed by atoms with E-state index in [0.717, 1.165) is 19.4 Å². The summed E-state index contributed by atoms with van der Waals surface area (Å²) >= 11 is 0. The third-order valence-electron chi connectivity index (χ3n) is 6.80. The number of aliphatic hydroxyl groups excluding tert-OH is 4. The van der Waals surface area contributed by atoms with Crippen LogP contribution in [0.2, 0.25) is 0 Å². The van der Waals surface area contributed by atoms with E-state index >= 15 is 0 Å². The lowest BCUT2D eigenvalue weighted by molar-refractivity contribution is -0.382. The highest BCUT2D eigenvalue weighted by Crippen LogP contribution is 2.32. The summed E-state index contributed by atoms with van der Waals surface area (Å²) in [5.74, 6) is 0. The van der Waals surface area contributed by atoms with Gasteiger partial charge >= 0.3 is 0 Å². The molecular formula is C23H43NO8. The molecule has 0 aromatic rings. The van der Waals surface area contributed by atoms with E-state index < -0.39 is 43.1 Å². The first-order valence-electron chi connectivity index (χ1n) is 12.5. The van der Waals surface area contributed by atoms with E-state index in [4.69, 9.17) is 18.9 Å². The van der Waals surface area contributed by atoms with Crippen molar-refractivity contribution in [2.75, 3.05) is 19.8 Å². The van der Waals surface area contributed by atoms with Crippen LogP contribution in [0.5, 0.6) is 0 Å². The lowest BCUT2D eigenvalue weighted by Gasteiger charge is -2.49. The fourth-order valence-electron chi connectivity index (χ4n) is 4.73. The van der Waals surface area contributed by atoms with Crippen LogP contribution in [-0.4, -0.2) is 95.4 Å². The number of unbranched alkanes of at least 4 members (excludes halogenated alkanes) is 8. The van der Waals surface area contributed by atoms with Crippen molar-refractivity contribution in [3.8, 4) is 0 Å². The van der Waals surface area contributed by atoms with Crippen molar-refractivity contribution in [2.24, 2.45) is 0 Å². The van der Waals surface area contributed by atoms with E-state index in [1.54, 1.807) is 0 Å². The Bertz CT molecular complexity index is 526. The molecule has 0 bridgehead atoms. The molecule has 0 radical (unpaired) electrons. The van der Waals surface area contributed by atoms with Crippen LogP contribution in [0, 0.1) is 0 Å². The van der Waals surface area contributed by atoms with Crippen molar-refractivity contribution in [1.29, 1.82) is 0 Å². The maximum atomic E-state index is 10.6. The quantitative estimate of drug-likeness (QED) is 0.239. The predicted molar refractivity (Wildman–Crippen MR) is 117 cm³/mol. The third-order valence-corrected chi connectivity index (χ3v) is 6.80. The Morgan fingerprint density at radius 3 is 2.22 bits per heavy atom. The van der Waals surface area contributed by atoms with Gasteiger partial charge < -0.3 is 44.7 Å². The normalized spacial score (nSPS) is 39.5. The van der Waals surface area contributed by atoms with Gasteiger partial charge in [0.05, 0.1) is 25.4 Å². The number of hydrogen-bond acceptors (Lipinski definition) is 9. The zero-order valence-corrected chi connectivity index (χ0v) is 19.3. The summed E-state index contributed by atoms with van der Waals surface area (Å²) in [5.41, 5.74) is 0. The smallest absolute Gasteiger partial charge is 0.189 e. The van der Waals surface area contributed by atoms with Gasteiger partial charge in [-0.3, -0.25) is 0 Å². The lowest BCUT2D eigenvalue weighted by atomic mass is 9.95. The molecule has 5 N–H and O–H groups in total. The van der Waals surface area contributed by atoms with E-state index in [-0.39, 0.29) is 25.2 Å². The number of rotatable bonds is 14. The minimum absolute atomic E-state index is 0.180. The van der Waals surface area contributed by atoms with E-state index in [9.17, 15) is 20.4 Å². The molecule has 9 heteroatoms. The summed E-state index contributed by atoms with van der Waals surface area (Å²) in [6, 6.07) is -0.388. The highest BCUT2D eigenvalue weighted by molar-refractivity contribution is 4.96. The zero-order chi connectivity index (χ0) is 22.9. The summed E-state index contributed by atoms with van der Waals surface area (Å²) in [5, 5.41) is 44.1. The molecule has 3 fully saturated rings. The van der Waals surface area contributed by atoms with E-state index in [1.807, 2.05) is 0 Å². The second-order valence-corrected chi connectivity index (χ2v) is 9.36. The van der Waals surface area contributed by atoms with Gasteiger partial charge in [0.1, 0.15) is 30.5 Å². The maximum Gasteiger partial charge on any atom is 0.189 e. The Morgan fingerprint density at radius 1 is 0.906 bits per heavy atom. The van der Waals surface area contributed by atoms with Crippen molar-refractivity contribution in [2.45, 2.75) is 126 Å². The van der Waals surface area contributed by atoms with Gasteiger partial charge in [-0.25, -0.2) is 0 Å². The van der Waals surface area contributed by atoms with Crippen LogP contribution >= 0.6 is 0 Å². The van der Waals surface area contributed by atoms with Gasteiger partial charge in [-0.1, -0.05) is 58.3 Å². The molecule has 0 saturated carbocycles. The van der Waals surface area contributed by atoms with Crippen LogP contribution in [0.1, 0.15) is 71.1 Å². The maximum absolute atomic E-state index is 10.6. The molecule has 32 heavy (non-hydrogen) atoms. The molecule has 0 aromatic carbocycles. The van der Waals surface area contributed by atoms with Crippen molar-refractivity contribution in [1.82, 2.24) is 5.32 Å². The Labute approximate surface area is 191 Å². The van der Waals surface area contributed by atoms with Crippen LogP contribution in [0.25, 0.3) is 0 Å². The van der Waals surface area contributed by atoms with Crippen molar-refractivity contribution >= 4 is 0 Å². The molecule has 3 aliphatic rings. The molecule has 9 nitrogen and oxygen atoms in total.